The number of hydrogen-bond acceptors (Lipinski definition) is 4. The Hall–Kier alpha value is -2.02. The fourth-order valence-corrected chi connectivity index (χ4v) is 5.17. The van der Waals surface area contributed by atoms with Gasteiger partial charge in [-0.15, -0.1) is 0 Å². The number of aromatic nitrogens is 2. The molecule has 0 radical (unpaired) electrons. The largest absolute Gasteiger partial charge is 0.386 e. The second kappa shape index (κ2) is 6.24. The van der Waals surface area contributed by atoms with Gasteiger partial charge in [0.1, 0.15) is 5.82 Å². The van der Waals surface area contributed by atoms with Crippen molar-refractivity contribution in [2.75, 3.05) is 13.2 Å². The van der Waals surface area contributed by atoms with Gasteiger partial charge in [0.2, 0.25) is 0 Å². The van der Waals surface area contributed by atoms with E-state index in [-0.39, 0.29) is 17.7 Å². The minimum absolute atomic E-state index is 0.0205. The molecule has 1 spiro atoms. The van der Waals surface area contributed by atoms with E-state index < -0.39 is 11.4 Å². The summed E-state index contributed by atoms with van der Waals surface area (Å²) in [6.07, 6.45) is 6.02. The Morgan fingerprint density at radius 2 is 1.89 bits per heavy atom. The SMILES string of the molecule is C[C@@H]1Cc2cnn(-c3ccc(F)cc3)c2C=C2C1C1(CCC2(C)O)OCCO1. The summed E-state index contributed by atoms with van der Waals surface area (Å²) in [6, 6.07) is 6.31. The molecule has 5 nitrogen and oxygen atoms in total. The van der Waals surface area contributed by atoms with Crippen LogP contribution in [0.5, 0.6) is 0 Å². The molecule has 28 heavy (non-hydrogen) atoms. The van der Waals surface area contributed by atoms with Crippen molar-refractivity contribution in [3.8, 4) is 5.69 Å². The Kier molecular flexibility index (Phi) is 4.02. The molecule has 2 heterocycles. The molecule has 1 saturated carbocycles. The quantitative estimate of drug-likeness (QED) is 0.818. The van der Waals surface area contributed by atoms with Gasteiger partial charge in [0.15, 0.2) is 5.79 Å². The van der Waals surface area contributed by atoms with Gasteiger partial charge in [-0.2, -0.15) is 5.10 Å². The highest BCUT2D eigenvalue weighted by molar-refractivity contribution is 5.60. The Labute approximate surface area is 163 Å². The summed E-state index contributed by atoms with van der Waals surface area (Å²) in [7, 11) is 0. The lowest BCUT2D eigenvalue weighted by atomic mass is 9.66. The van der Waals surface area contributed by atoms with Gasteiger partial charge in [-0.3, -0.25) is 0 Å². The molecule has 2 aromatic rings. The number of nitrogens with zero attached hydrogens (tertiary/aromatic N) is 2. The van der Waals surface area contributed by atoms with Crippen molar-refractivity contribution >= 4 is 6.08 Å². The highest BCUT2D eigenvalue weighted by Gasteiger charge is 2.56. The fourth-order valence-electron chi connectivity index (χ4n) is 5.17. The minimum Gasteiger partial charge on any atom is -0.386 e. The van der Waals surface area contributed by atoms with Crippen molar-refractivity contribution in [3.05, 3.63) is 53.1 Å². The molecule has 0 bridgehead atoms. The number of rotatable bonds is 1. The molecule has 6 heteroatoms. The van der Waals surface area contributed by atoms with Crippen molar-refractivity contribution in [2.24, 2.45) is 11.8 Å². The van der Waals surface area contributed by atoms with Crippen LogP contribution in [0.3, 0.4) is 0 Å². The van der Waals surface area contributed by atoms with Crippen molar-refractivity contribution in [2.45, 2.75) is 44.5 Å². The maximum Gasteiger partial charge on any atom is 0.175 e. The van der Waals surface area contributed by atoms with E-state index in [0.29, 0.717) is 26.1 Å². The standard InChI is InChI=1S/C22H25FN2O3/c1-14-11-15-13-24-25(17-5-3-16(23)4-6-17)19(15)12-18-20(14)22(27-9-10-28-22)8-7-21(18,2)26/h3-6,12-14,20,26H,7-11H2,1-2H3/t14-,20?,21?/m1/s1. The number of fused-ring (bicyclic) bond motifs is 3. The summed E-state index contributed by atoms with van der Waals surface area (Å²) < 4.78 is 27.5. The maximum absolute atomic E-state index is 13.4. The summed E-state index contributed by atoms with van der Waals surface area (Å²) in [5, 5.41) is 15.8. The number of ether oxygens (including phenoxy) is 2. The van der Waals surface area contributed by atoms with E-state index >= 15 is 0 Å². The number of halogens is 1. The number of hydrogen-bond donors (Lipinski definition) is 1. The average Bonchev–Trinajstić information content (AvgIpc) is 3.25. The summed E-state index contributed by atoms with van der Waals surface area (Å²) in [6.45, 7) is 5.25. The lowest BCUT2D eigenvalue weighted by Crippen LogP contribution is -2.53. The summed E-state index contributed by atoms with van der Waals surface area (Å²) in [5.74, 6) is -0.719. The van der Waals surface area contributed by atoms with Gasteiger partial charge in [-0.05, 0) is 67.2 Å². The molecule has 1 aliphatic heterocycles. The van der Waals surface area contributed by atoms with Crippen LogP contribution in [0.4, 0.5) is 4.39 Å². The van der Waals surface area contributed by atoms with Crippen molar-refractivity contribution in [3.63, 3.8) is 0 Å². The zero-order valence-corrected chi connectivity index (χ0v) is 16.2. The van der Waals surface area contributed by atoms with Gasteiger partial charge < -0.3 is 14.6 Å². The van der Waals surface area contributed by atoms with Crippen LogP contribution in [0.15, 0.2) is 36.0 Å². The molecular formula is C22H25FN2O3. The molecule has 3 atom stereocenters. The predicted molar refractivity (Wildman–Crippen MR) is 102 cm³/mol. The van der Waals surface area contributed by atoms with E-state index in [0.717, 1.165) is 28.9 Å². The van der Waals surface area contributed by atoms with Gasteiger partial charge in [0.25, 0.3) is 0 Å². The molecule has 1 aromatic heterocycles. The Morgan fingerprint density at radius 1 is 1.18 bits per heavy atom. The zero-order chi connectivity index (χ0) is 19.5. The molecule has 2 fully saturated rings. The van der Waals surface area contributed by atoms with Crippen LogP contribution in [0, 0.1) is 17.7 Å². The number of aliphatic hydroxyl groups is 1. The third-order valence-corrected chi connectivity index (χ3v) is 6.53. The van der Waals surface area contributed by atoms with Crippen molar-refractivity contribution in [1.29, 1.82) is 0 Å². The van der Waals surface area contributed by atoms with Crippen LogP contribution in [0.1, 0.15) is 37.9 Å². The molecule has 3 aliphatic rings. The van der Waals surface area contributed by atoms with Gasteiger partial charge in [0.05, 0.1) is 36.4 Å². The molecule has 1 aromatic carbocycles. The summed E-state index contributed by atoms with van der Waals surface area (Å²) >= 11 is 0. The van der Waals surface area contributed by atoms with E-state index in [9.17, 15) is 9.50 Å². The maximum atomic E-state index is 13.4. The second-order valence-electron chi connectivity index (χ2n) is 8.48. The average molecular weight is 384 g/mol. The molecule has 2 unspecified atom stereocenters. The van der Waals surface area contributed by atoms with Crippen LogP contribution in [-0.2, 0) is 15.9 Å². The van der Waals surface area contributed by atoms with Crippen molar-refractivity contribution < 1.29 is 19.0 Å². The number of benzene rings is 1. The first kappa shape index (κ1) is 18.0. The van der Waals surface area contributed by atoms with Gasteiger partial charge >= 0.3 is 0 Å². The highest BCUT2D eigenvalue weighted by atomic mass is 19.1. The first-order valence-electron chi connectivity index (χ1n) is 9.95. The third-order valence-electron chi connectivity index (χ3n) is 6.53. The Bertz CT molecular complexity index is 926. The molecule has 2 aliphatic carbocycles. The van der Waals surface area contributed by atoms with Crippen LogP contribution >= 0.6 is 0 Å². The molecule has 5 rings (SSSR count). The lowest BCUT2D eigenvalue weighted by Gasteiger charge is -2.49. The van der Waals surface area contributed by atoms with E-state index in [4.69, 9.17) is 9.47 Å². The molecular weight excluding hydrogens is 359 g/mol. The Balaban J connectivity index is 1.67. The van der Waals surface area contributed by atoms with Crippen LogP contribution in [-0.4, -0.2) is 39.5 Å². The van der Waals surface area contributed by atoms with E-state index in [1.165, 1.54) is 12.1 Å². The minimum atomic E-state index is -0.932. The second-order valence-corrected chi connectivity index (χ2v) is 8.48. The summed E-state index contributed by atoms with van der Waals surface area (Å²) in [5.41, 5.74) is 2.85. The van der Waals surface area contributed by atoms with E-state index in [2.05, 4.69) is 18.1 Å². The third kappa shape index (κ3) is 2.66. The van der Waals surface area contributed by atoms with E-state index in [1.807, 2.05) is 17.8 Å². The molecule has 1 N–H and O–H groups in total. The highest BCUT2D eigenvalue weighted by Crippen LogP contribution is 2.53. The molecule has 148 valence electrons. The smallest absolute Gasteiger partial charge is 0.175 e. The predicted octanol–water partition coefficient (Wildman–Crippen LogP) is 3.49. The topological polar surface area (TPSA) is 56.5 Å². The normalized spacial score (nSPS) is 31.2. The fraction of sp³-hybridized carbons (Fsp3) is 0.500. The molecule has 0 amide bonds. The van der Waals surface area contributed by atoms with Crippen LogP contribution in [0.2, 0.25) is 0 Å². The zero-order valence-electron chi connectivity index (χ0n) is 16.2. The summed E-state index contributed by atoms with van der Waals surface area (Å²) in [4.78, 5) is 0. The lowest BCUT2D eigenvalue weighted by molar-refractivity contribution is -0.224. The molecule has 1 saturated heterocycles. The van der Waals surface area contributed by atoms with Gasteiger partial charge in [-0.25, -0.2) is 9.07 Å². The monoisotopic (exact) mass is 384 g/mol. The van der Waals surface area contributed by atoms with Crippen molar-refractivity contribution in [1.82, 2.24) is 9.78 Å². The van der Waals surface area contributed by atoms with Crippen LogP contribution < -0.4 is 0 Å². The van der Waals surface area contributed by atoms with Gasteiger partial charge in [-0.1, -0.05) is 6.92 Å². The first-order chi connectivity index (χ1) is 13.4. The first-order valence-corrected chi connectivity index (χ1v) is 9.95. The van der Waals surface area contributed by atoms with Crippen LogP contribution in [0.25, 0.3) is 11.8 Å². The van der Waals surface area contributed by atoms with Gasteiger partial charge in [0, 0.05) is 12.3 Å². The Morgan fingerprint density at radius 3 is 2.61 bits per heavy atom. The van der Waals surface area contributed by atoms with E-state index in [1.54, 1.807) is 12.1 Å².